The van der Waals surface area contributed by atoms with Crippen LogP contribution in [0.5, 0.6) is 0 Å². The molecule has 0 radical (unpaired) electrons. The summed E-state index contributed by atoms with van der Waals surface area (Å²) in [7, 11) is 0. The summed E-state index contributed by atoms with van der Waals surface area (Å²) < 4.78 is 38.8. The summed E-state index contributed by atoms with van der Waals surface area (Å²) in [6, 6.07) is 7.78. The summed E-state index contributed by atoms with van der Waals surface area (Å²) in [5, 5.41) is 11.9. The molecule has 1 aliphatic rings. The molecule has 3 rings (SSSR count). The highest BCUT2D eigenvalue weighted by molar-refractivity contribution is 5.88. The van der Waals surface area contributed by atoms with Crippen molar-refractivity contribution >= 4 is 17.8 Å². The molecule has 0 saturated carbocycles. The molecule has 1 aromatic heterocycles. The number of aliphatic hydroxyl groups is 1. The summed E-state index contributed by atoms with van der Waals surface area (Å²) in [4.78, 5) is 41.7. The van der Waals surface area contributed by atoms with Crippen molar-refractivity contribution in [3.63, 3.8) is 0 Å². The highest BCUT2D eigenvalue weighted by Gasteiger charge is 2.43. The highest BCUT2D eigenvalue weighted by Crippen LogP contribution is 2.19. The van der Waals surface area contributed by atoms with Gasteiger partial charge in [-0.2, -0.15) is 18.2 Å². The Morgan fingerprint density at radius 1 is 1.09 bits per heavy atom. The number of urea groups is 1. The van der Waals surface area contributed by atoms with Crippen molar-refractivity contribution in [3.05, 3.63) is 52.6 Å². The number of rotatable bonds is 4. The van der Waals surface area contributed by atoms with Gasteiger partial charge in [0.1, 0.15) is 5.82 Å². The van der Waals surface area contributed by atoms with Crippen molar-refractivity contribution < 1.29 is 27.9 Å². The van der Waals surface area contributed by atoms with E-state index in [2.05, 4.69) is 10.3 Å². The van der Waals surface area contributed by atoms with Crippen LogP contribution in [-0.2, 0) is 11.2 Å². The van der Waals surface area contributed by atoms with E-state index >= 15 is 0 Å². The Morgan fingerprint density at radius 2 is 1.69 bits per heavy atom. The van der Waals surface area contributed by atoms with E-state index in [-0.39, 0.29) is 32.0 Å². The van der Waals surface area contributed by atoms with Crippen molar-refractivity contribution in [1.29, 1.82) is 0 Å². The number of halogens is 3. The molecule has 2 N–H and O–H groups in total. The van der Waals surface area contributed by atoms with E-state index in [1.54, 1.807) is 31.2 Å². The molecule has 1 fully saturated rings. The maximum absolute atomic E-state index is 12.5. The van der Waals surface area contributed by atoms with Gasteiger partial charge in [-0.3, -0.25) is 14.7 Å². The lowest BCUT2D eigenvalue weighted by molar-refractivity contribution is -0.186. The molecular formula is C20H22F3N5O4. The Labute approximate surface area is 181 Å². The third-order valence-electron chi connectivity index (χ3n) is 4.88. The van der Waals surface area contributed by atoms with Gasteiger partial charge in [-0.15, -0.1) is 0 Å². The van der Waals surface area contributed by atoms with Crippen LogP contribution >= 0.6 is 0 Å². The molecule has 2 aromatic rings. The zero-order chi connectivity index (χ0) is 23.5. The number of hydrogen-bond acceptors (Lipinski definition) is 5. The fourth-order valence-corrected chi connectivity index (χ4v) is 3.28. The Bertz CT molecular complexity index is 1030. The molecule has 9 nitrogen and oxygen atoms in total. The zero-order valence-corrected chi connectivity index (χ0v) is 17.2. The van der Waals surface area contributed by atoms with Crippen LogP contribution in [0.15, 0.2) is 41.3 Å². The maximum Gasteiger partial charge on any atom is 0.471 e. The van der Waals surface area contributed by atoms with Gasteiger partial charge in [-0.05, 0) is 37.1 Å². The minimum atomic E-state index is -4.95. The van der Waals surface area contributed by atoms with E-state index in [0.717, 1.165) is 5.56 Å². The van der Waals surface area contributed by atoms with E-state index in [1.165, 1.54) is 21.7 Å². The normalized spacial score (nSPS) is 15.4. The quantitative estimate of drug-likeness (QED) is 0.728. The molecule has 1 saturated heterocycles. The average Bonchev–Trinajstić information content (AvgIpc) is 2.73. The maximum atomic E-state index is 12.5. The smallest absolute Gasteiger partial charge is 0.393 e. The van der Waals surface area contributed by atoms with Gasteiger partial charge in [-0.25, -0.2) is 9.59 Å². The van der Waals surface area contributed by atoms with Crippen LogP contribution in [0.3, 0.4) is 0 Å². The molecule has 1 aromatic carbocycles. The third kappa shape index (κ3) is 5.63. The lowest BCUT2D eigenvalue weighted by Gasteiger charge is -2.34. The van der Waals surface area contributed by atoms with E-state index < -0.39 is 29.9 Å². The second-order valence-electron chi connectivity index (χ2n) is 7.39. The average molecular weight is 453 g/mol. The molecule has 1 unspecified atom stereocenters. The molecule has 3 amide bonds. The van der Waals surface area contributed by atoms with E-state index in [4.69, 9.17) is 0 Å². The van der Waals surface area contributed by atoms with Gasteiger partial charge in [0.2, 0.25) is 0 Å². The van der Waals surface area contributed by atoms with Gasteiger partial charge in [0.15, 0.2) is 0 Å². The lowest BCUT2D eigenvalue weighted by Crippen LogP contribution is -2.54. The molecule has 0 aliphatic carbocycles. The van der Waals surface area contributed by atoms with Crippen molar-refractivity contribution in [2.24, 2.45) is 0 Å². The number of carbonyl (C=O) groups excluding carboxylic acids is 2. The summed E-state index contributed by atoms with van der Waals surface area (Å²) >= 11 is 0. The van der Waals surface area contributed by atoms with Crippen LogP contribution in [0, 0.1) is 0 Å². The molecule has 12 heteroatoms. The Kier molecular flexibility index (Phi) is 6.82. The minimum absolute atomic E-state index is 0.00391. The molecule has 2 heterocycles. The van der Waals surface area contributed by atoms with Gasteiger partial charge in [0.25, 0.3) is 0 Å². The second-order valence-corrected chi connectivity index (χ2v) is 7.39. The van der Waals surface area contributed by atoms with E-state index in [1.807, 2.05) is 0 Å². The summed E-state index contributed by atoms with van der Waals surface area (Å²) in [5.74, 6) is -1.93. The minimum Gasteiger partial charge on any atom is -0.393 e. The number of nitrogens with one attached hydrogen (secondary N) is 1. The molecule has 1 atom stereocenters. The lowest BCUT2D eigenvalue weighted by atomic mass is 10.1. The number of carbonyl (C=O) groups is 2. The Hall–Kier alpha value is -3.41. The van der Waals surface area contributed by atoms with Gasteiger partial charge >= 0.3 is 23.8 Å². The van der Waals surface area contributed by atoms with Gasteiger partial charge in [0.05, 0.1) is 11.8 Å². The van der Waals surface area contributed by atoms with Crippen LogP contribution in [0.4, 0.5) is 23.8 Å². The molecular weight excluding hydrogens is 431 g/mol. The SMILES string of the molecule is CC(O)Cc1ccc(-n2ccc(NC(=O)N3CCN(C(=O)C(F)(F)F)CC3)nc2=O)cc1. The van der Waals surface area contributed by atoms with Gasteiger partial charge in [0, 0.05) is 32.4 Å². The first kappa shape index (κ1) is 23.3. The van der Waals surface area contributed by atoms with Crippen LogP contribution in [0.25, 0.3) is 5.69 Å². The summed E-state index contributed by atoms with van der Waals surface area (Å²) in [6.07, 6.45) is -3.51. The van der Waals surface area contributed by atoms with Gasteiger partial charge < -0.3 is 14.9 Å². The number of hydrogen-bond donors (Lipinski definition) is 2. The molecule has 0 bridgehead atoms. The Balaban J connectivity index is 1.61. The fourth-order valence-electron chi connectivity index (χ4n) is 3.28. The number of nitrogens with zero attached hydrogens (tertiary/aromatic N) is 4. The number of aliphatic hydroxyl groups excluding tert-OH is 1. The predicted molar refractivity (Wildman–Crippen MR) is 108 cm³/mol. The summed E-state index contributed by atoms with van der Waals surface area (Å²) in [6.45, 7) is 1.03. The standard InChI is InChI=1S/C20H22F3N5O4/c1-13(29)12-14-2-4-15(5-3-14)28-7-6-16(25-19(28)32)24-18(31)27-10-8-26(9-11-27)17(30)20(21,22)23/h2-7,13,29H,8-12H2,1H3,(H,24,25,31,32). The fraction of sp³-hybridized carbons (Fsp3) is 0.400. The number of anilines is 1. The zero-order valence-electron chi connectivity index (χ0n) is 17.2. The third-order valence-corrected chi connectivity index (χ3v) is 4.88. The first-order valence-corrected chi connectivity index (χ1v) is 9.83. The highest BCUT2D eigenvalue weighted by atomic mass is 19.4. The van der Waals surface area contributed by atoms with Gasteiger partial charge in [-0.1, -0.05) is 12.1 Å². The summed E-state index contributed by atoms with van der Waals surface area (Å²) in [5.41, 5.74) is 0.831. The number of benzene rings is 1. The number of aromatic nitrogens is 2. The van der Waals surface area contributed by atoms with E-state index in [0.29, 0.717) is 17.0 Å². The first-order valence-electron chi connectivity index (χ1n) is 9.83. The number of amides is 3. The van der Waals surface area contributed by atoms with Crippen molar-refractivity contribution in [2.45, 2.75) is 25.6 Å². The van der Waals surface area contributed by atoms with Crippen LogP contribution in [0.2, 0.25) is 0 Å². The first-order chi connectivity index (χ1) is 15.0. The molecule has 32 heavy (non-hydrogen) atoms. The second kappa shape index (κ2) is 9.39. The topological polar surface area (TPSA) is 108 Å². The number of alkyl halides is 3. The monoisotopic (exact) mass is 453 g/mol. The van der Waals surface area contributed by atoms with Crippen molar-refractivity contribution in [2.75, 3.05) is 31.5 Å². The van der Waals surface area contributed by atoms with Crippen LogP contribution < -0.4 is 11.0 Å². The molecule has 172 valence electrons. The molecule has 0 spiro atoms. The van der Waals surface area contributed by atoms with Crippen molar-refractivity contribution in [1.82, 2.24) is 19.4 Å². The van der Waals surface area contributed by atoms with Crippen LogP contribution in [0.1, 0.15) is 12.5 Å². The predicted octanol–water partition coefficient (Wildman–Crippen LogP) is 1.39. The molecule has 1 aliphatic heterocycles. The largest absolute Gasteiger partial charge is 0.471 e. The van der Waals surface area contributed by atoms with E-state index in [9.17, 15) is 32.7 Å². The van der Waals surface area contributed by atoms with Crippen molar-refractivity contribution in [3.8, 4) is 5.69 Å². The Morgan fingerprint density at radius 3 is 2.22 bits per heavy atom. The number of piperazine rings is 1. The van der Waals surface area contributed by atoms with Crippen LogP contribution in [-0.4, -0.2) is 74.9 Å².